The highest BCUT2D eigenvalue weighted by atomic mass is 32.1. The second-order valence-electron chi connectivity index (χ2n) is 9.52. The number of aliphatic hydroxyl groups excluding tert-OH is 2. The molecule has 4 amide bonds. The first-order valence-corrected chi connectivity index (χ1v) is 12.2. The molecule has 0 heterocycles. The standard InChI is InChI=1S/C22H43N5O6S/c1-10(2)16(20(31)24-15(8-28)13(7)29)26-22(33)18(12(5)6)27-21(32)17(11(3)4)25-19(30)14(23)9-34/h10-18,28-29,34H,8-9,23H2,1-7H3,(H,24,31)(H,25,30)(H,26,33)(H,27,32)/t13-,14-,15-,16-,17-,18-/m0/s1. The van der Waals surface area contributed by atoms with Gasteiger partial charge in [0.1, 0.15) is 18.1 Å². The number of hydrogen-bond donors (Lipinski definition) is 8. The van der Waals surface area contributed by atoms with E-state index >= 15 is 0 Å². The lowest BCUT2D eigenvalue weighted by atomic mass is 9.97. The van der Waals surface area contributed by atoms with Gasteiger partial charge in [-0.15, -0.1) is 0 Å². The van der Waals surface area contributed by atoms with Gasteiger partial charge in [0.25, 0.3) is 0 Å². The van der Waals surface area contributed by atoms with Crippen LogP contribution < -0.4 is 27.0 Å². The molecule has 12 heteroatoms. The van der Waals surface area contributed by atoms with Crippen molar-refractivity contribution in [3.05, 3.63) is 0 Å². The molecule has 34 heavy (non-hydrogen) atoms. The lowest BCUT2D eigenvalue weighted by Gasteiger charge is -2.30. The Hall–Kier alpha value is -1.89. The summed E-state index contributed by atoms with van der Waals surface area (Å²) in [6, 6.07) is -4.63. The maximum absolute atomic E-state index is 13.1. The Labute approximate surface area is 207 Å². The van der Waals surface area contributed by atoms with E-state index in [-0.39, 0.29) is 23.5 Å². The Morgan fingerprint density at radius 3 is 1.29 bits per heavy atom. The third-order valence-corrected chi connectivity index (χ3v) is 5.77. The number of nitrogens with one attached hydrogen (secondary N) is 4. The minimum atomic E-state index is -0.987. The van der Waals surface area contributed by atoms with Crippen LogP contribution in [0.5, 0.6) is 0 Å². The van der Waals surface area contributed by atoms with E-state index in [2.05, 4.69) is 33.9 Å². The first-order chi connectivity index (χ1) is 15.7. The van der Waals surface area contributed by atoms with E-state index in [0.717, 1.165) is 0 Å². The van der Waals surface area contributed by atoms with Crippen molar-refractivity contribution in [3.8, 4) is 0 Å². The summed E-state index contributed by atoms with van der Waals surface area (Å²) >= 11 is 3.99. The van der Waals surface area contributed by atoms with E-state index in [0.29, 0.717) is 0 Å². The fourth-order valence-electron chi connectivity index (χ4n) is 3.03. The molecule has 0 spiro atoms. The predicted molar refractivity (Wildman–Crippen MR) is 133 cm³/mol. The summed E-state index contributed by atoms with van der Waals surface area (Å²) in [4.78, 5) is 50.9. The van der Waals surface area contributed by atoms with Crippen LogP contribution >= 0.6 is 12.6 Å². The van der Waals surface area contributed by atoms with Gasteiger partial charge in [-0.25, -0.2) is 0 Å². The molecule has 0 saturated carbocycles. The van der Waals surface area contributed by atoms with Crippen molar-refractivity contribution in [2.24, 2.45) is 23.5 Å². The summed E-state index contributed by atoms with van der Waals surface area (Å²) in [5.74, 6) is -3.03. The van der Waals surface area contributed by atoms with Gasteiger partial charge in [0, 0.05) is 5.75 Å². The van der Waals surface area contributed by atoms with Crippen LogP contribution in [-0.2, 0) is 19.2 Å². The minimum absolute atomic E-state index is 0.111. The third-order valence-electron chi connectivity index (χ3n) is 5.38. The smallest absolute Gasteiger partial charge is 0.243 e. The van der Waals surface area contributed by atoms with Gasteiger partial charge < -0.3 is 37.2 Å². The summed E-state index contributed by atoms with van der Waals surface area (Å²) in [6.45, 7) is 11.4. The zero-order valence-corrected chi connectivity index (χ0v) is 22.1. The molecule has 198 valence electrons. The van der Waals surface area contributed by atoms with E-state index in [1.807, 2.05) is 0 Å². The summed E-state index contributed by atoms with van der Waals surface area (Å²) in [6.07, 6.45) is -0.987. The summed E-state index contributed by atoms with van der Waals surface area (Å²) < 4.78 is 0. The van der Waals surface area contributed by atoms with Crippen LogP contribution in [0.15, 0.2) is 0 Å². The van der Waals surface area contributed by atoms with Crippen molar-refractivity contribution >= 4 is 36.3 Å². The molecule has 8 N–H and O–H groups in total. The zero-order valence-electron chi connectivity index (χ0n) is 21.2. The van der Waals surface area contributed by atoms with Gasteiger partial charge >= 0.3 is 0 Å². The van der Waals surface area contributed by atoms with E-state index in [1.165, 1.54) is 6.92 Å². The molecule has 0 aliphatic carbocycles. The molecule has 11 nitrogen and oxygen atoms in total. The number of hydrogen-bond acceptors (Lipinski definition) is 8. The van der Waals surface area contributed by atoms with Crippen LogP contribution in [0.2, 0.25) is 0 Å². The Balaban J connectivity index is 5.53. The number of carbonyl (C=O) groups is 4. The monoisotopic (exact) mass is 505 g/mol. The van der Waals surface area contributed by atoms with Gasteiger partial charge in [0.05, 0.1) is 24.8 Å². The molecule has 0 aliphatic rings. The van der Waals surface area contributed by atoms with E-state index < -0.39 is 66.5 Å². The van der Waals surface area contributed by atoms with Crippen LogP contribution in [0.4, 0.5) is 0 Å². The van der Waals surface area contributed by atoms with Gasteiger partial charge in [-0.05, 0) is 24.7 Å². The fourth-order valence-corrected chi connectivity index (χ4v) is 3.19. The maximum atomic E-state index is 13.1. The van der Waals surface area contributed by atoms with Crippen LogP contribution in [0.1, 0.15) is 48.5 Å². The van der Waals surface area contributed by atoms with E-state index in [4.69, 9.17) is 5.73 Å². The topological polar surface area (TPSA) is 183 Å². The molecule has 0 aromatic rings. The second-order valence-corrected chi connectivity index (χ2v) is 9.88. The molecular formula is C22H43N5O6S. The zero-order chi connectivity index (χ0) is 26.7. The van der Waals surface area contributed by atoms with Gasteiger partial charge in [-0.2, -0.15) is 12.6 Å². The van der Waals surface area contributed by atoms with Crippen molar-refractivity contribution in [1.82, 2.24) is 21.3 Å². The van der Waals surface area contributed by atoms with Crippen molar-refractivity contribution in [1.29, 1.82) is 0 Å². The molecule has 0 bridgehead atoms. The lowest BCUT2D eigenvalue weighted by molar-refractivity contribution is -0.136. The Morgan fingerprint density at radius 2 is 1.03 bits per heavy atom. The molecule has 0 aromatic carbocycles. The SMILES string of the molecule is CC(C)[C@H](NC(=O)[C@@H](NC(=O)[C@@H](N)CS)C(C)C)C(=O)N[C@H](C(=O)N[C@@H](CO)[C@H](C)O)C(C)C. The minimum Gasteiger partial charge on any atom is -0.394 e. The first-order valence-electron chi connectivity index (χ1n) is 11.5. The molecule has 0 unspecified atom stereocenters. The van der Waals surface area contributed by atoms with Crippen LogP contribution in [0.3, 0.4) is 0 Å². The summed E-state index contributed by atoms with van der Waals surface area (Å²) in [5.41, 5.74) is 5.68. The van der Waals surface area contributed by atoms with Crippen molar-refractivity contribution < 1.29 is 29.4 Å². The Bertz CT molecular complexity index is 689. The highest BCUT2D eigenvalue weighted by Crippen LogP contribution is 2.10. The number of aliphatic hydroxyl groups is 2. The molecule has 0 fully saturated rings. The average Bonchev–Trinajstić information content (AvgIpc) is 2.75. The normalized spacial score (nSPS) is 16.9. The Morgan fingerprint density at radius 1 is 0.706 bits per heavy atom. The molecule has 0 radical (unpaired) electrons. The Kier molecular flexibility index (Phi) is 14.3. The summed E-state index contributed by atoms with van der Waals surface area (Å²) in [7, 11) is 0. The summed E-state index contributed by atoms with van der Waals surface area (Å²) in [5, 5.41) is 29.5. The lowest BCUT2D eigenvalue weighted by Crippen LogP contribution is -2.61. The van der Waals surface area contributed by atoms with Crippen molar-refractivity contribution in [2.75, 3.05) is 12.4 Å². The van der Waals surface area contributed by atoms with E-state index in [1.54, 1.807) is 41.5 Å². The number of nitrogens with two attached hydrogens (primary N) is 1. The van der Waals surface area contributed by atoms with Gasteiger partial charge in [0.15, 0.2) is 0 Å². The van der Waals surface area contributed by atoms with Crippen LogP contribution in [-0.4, -0.2) is 82.5 Å². The fraction of sp³-hybridized carbons (Fsp3) is 0.818. The third kappa shape index (κ3) is 10.2. The predicted octanol–water partition coefficient (Wildman–Crippen LogP) is -1.48. The van der Waals surface area contributed by atoms with Crippen molar-refractivity contribution in [3.63, 3.8) is 0 Å². The van der Waals surface area contributed by atoms with Crippen LogP contribution in [0.25, 0.3) is 0 Å². The number of thiol groups is 1. The van der Waals surface area contributed by atoms with Crippen molar-refractivity contribution in [2.45, 2.75) is 84.8 Å². The quantitative estimate of drug-likeness (QED) is 0.132. The number of carbonyl (C=O) groups excluding carboxylic acids is 4. The molecule has 0 rings (SSSR count). The maximum Gasteiger partial charge on any atom is 0.243 e. The second kappa shape index (κ2) is 15.2. The largest absolute Gasteiger partial charge is 0.394 e. The molecule has 0 aromatic heterocycles. The first kappa shape index (κ1) is 32.1. The number of amides is 4. The molecule has 0 saturated heterocycles. The highest BCUT2D eigenvalue weighted by molar-refractivity contribution is 7.80. The molecular weight excluding hydrogens is 462 g/mol. The van der Waals surface area contributed by atoms with E-state index in [9.17, 15) is 29.4 Å². The average molecular weight is 506 g/mol. The highest BCUT2D eigenvalue weighted by Gasteiger charge is 2.34. The molecule has 0 aliphatic heterocycles. The molecule has 6 atom stereocenters. The van der Waals surface area contributed by atoms with Gasteiger partial charge in [-0.1, -0.05) is 41.5 Å². The number of rotatable bonds is 14. The van der Waals surface area contributed by atoms with Gasteiger partial charge in [-0.3, -0.25) is 19.2 Å². The van der Waals surface area contributed by atoms with Gasteiger partial charge in [0.2, 0.25) is 23.6 Å². The van der Waals surface area contributed by atoms with Crippen LogP contribution in [0, 0.1) is 17.8 Å².